The normalized spacial score (nSPS) is 34.1. The number of fused-ring (bicyclic) bond motifs is 2. The van der Waals surface area contributed by atoms with Gasteiger partial charge in [-0.2, -0.15) is 11.8 Å². The van der Waals surface area contributed by atoms with Gasteiger partial charge in [0.25, 0.3) is 0 Å². The topological polar surface area (TPSA) is 40.5 Å². The Morgan fingerprint density at radius 3 is 1.96 bits per heavy atom. The fourth-order valence-electron chi connectivity index (χ4n) is 5.20. The highest BCUT2D eigenvalue weighted by Gasteiger charge is 2.63. The molecule has 3 rings (SSSR count). The molecule has 4 atom stereocenters. The predicted molar refractivity (Wildman–Crippen MR) is 106 cm³/mol. The Morgan fingerprint density at radius 1 is 0.875 bits per heavy atom. The van der Waals surface area contributed by atoms with Gasteiger partial charge in [0.15, 0.2) is 0 Å². The molecule has 0 saturated heterocycles. The van der Waals surface area contributed by atoms with Gasteiger partial charge in [0.05, 0.1) is 11.7 Å². The molecule has 0 aliphatic heterocycles. The molecule has 2 nitrogen and oxygen atoms in total. The molecule has 0 aromatic heterocycles. The number of hydrogen-bond acceptors (Lipinski definition) is 3. The number of hydrogen-bond donors (Lipinski definition) is 2. The van der Waals surface area contributed by atoms with Gasteiger partial charge >= 0.3 is 0 Å². The highest BCUT2D eigenvalue weighted by Crippen LogP contribution is 2.63. The number of aliphatic hydroxyl groups is 2. The molecule has 0 unspecified atom stereocenters. The Kier molecular flexibility index (Phi) is 7.96. The summed E-state index contributed by atoms with van der Waals surface area (Å²) in [5.74, 6) is 2.24. The van der Waals surface area contributed by atoms with Gasteiger partial charge in [-0.1, -0.05) is 65.2 Å². The zero-order chi connectivity index (χ0) is 17.6. The lowest BCUT2D eigenvalue weighted by Gasteiger charge is -2.65. The van der Waals surface area contributed by atoms with Crippen LogP contribution in [0.15, 0.2) is 0 Å². The summed E-state index contributed by atoms with van der Waals surface area (Å²) in [6, 6.07) is 0. The first-order valence-corrected chi connectivity index (χ1v) is 11.7. The van der Waals surface area contributed by atoms with Crippen LogP contribution < -0.4 is 0 Å². The summed E-state index contributed by atoms with van der Waals surface area (Å²) in [5, 5.41) is 21.4. The van der Waals surface area contributed by atoms with Gasteiger partial charge in [-0.05, 0) is 54.9 Å². The summed E-state index contributed by atoms with van der Waals surface area (Å²) in [6.07, 6.45) is 16.2. The monoisotopic (exact) mass is 356 g/mol. The van der Waals surface area contributed by atoms with Crippen molar-refractivity contribution in [2.24, 2.45) is 17.3 Å². The quantitative estimate of drug-likeness (QED) is 0.459. The van der Waals surface area contributed by atoms with E-state index in [9.17, 15) is 10.2 Å². The van der Waals surface area contributed by atoms with E-state index in [4.69, 9.17) is 0 Å². The minimum Gasteiger partial charge on any atom is -0.390 e. The van der Waals surface area contributed by atoms with E-state index in [-0.39, 0.29) is 5.41 Å². The zero-order valence-electron chi connectivity index (χ0n) is 16.2. The average molecular weight is 357 g/mol. The Labute approximate surface area is 154 Å². The van der Waals surface area contributed by atoms with E-state index in [1.165, 1.54) is 57.1 Å². The van der Waals surface area contributed by atoms with Gasteiger partial charge in [-0.3, -0.25) is 0 Å². The van der Waals surface area contributed by atoms with Crippen molar-refractivity contribution in [3.05, 3.63) is 0 Å². The van der Waals surface area contributed by atoms with E-state index >= 15 is 0 Å². The molecule has 142 valence electrons. The lowest BCUT2D eigenvalue weighted by atomic mass is 9.42. The van der Waals surface area contributed by atoms with Crippen molar-refractivity contribution in [2.75, 3.05) is 12.0 Å². The fraction of sp³-hybridized carbons (Fsp3) is 1.00. The van der Waals surface area contributed by atoms with Crippen molar-refractivity contribution in [3.63, 3.8) is 0 Å². The van der Waals surface area contributed by atoms with E-state index in [0.29, 0.717) is 11.8 Å². The first kappa shape index (κ1) is 20.6. The molecular weight excluding hydrogens is 316 g/mol. The number of unbranched alkanes of at least 4 members (excludes halogenated alkanes) is 8. The first-order chi connectivity index (χ1) is 11.4. The Balaban J connectivity index is 1.53. The van der Waals surface area contributed by atoms with Crippen LogP contribution in [0.1, 0.15) is 90.9 Å². The van der Waals surface area contributed by atoms with Crippen LogP contribution >= 0.6 is 11.8 Å². The molecule has 2 bridgehead atoms. The summed E-state index contributed by atoms with van der Waals surface area (Å²) in [5.41, 5.74) is -0.584. The van der Waals surface area contributed by atoms with Gasteiger partial charge in [-0.15, -0.1) is 0 Å². The summed E-state index contributed by atoms with van der Waals surface area (Å²) in [6.45, 7) is 4.56. The second-order valence-corrected chi connectivity index (χ2v) is 9.96. The van der Waals surface area contributed by atoms with Gasteiger partial charge in [0, 0.05) is 0 Å². The summed E-state index contributed by atoms with van der Waals surface area (Å²) in [7, 11) is 0. The third-order valence-electron chi connectivity index (χ3n) is 7.08. The van der Waals surface area contributed by atoms with Gasteiger partial charge in [-0.25, -0.2) is 0 Å². The van der Waals surface area contributed by atoms with Crippen LogP contribution in [0.3, 0.4) is 0 Å². The Morgan fingerprint density at radius 2 is 1.42 bits per heavy atom. The van der Waals surface area contributed by atoms with Crippen molar-refractivity contribution in [1.82, 2.24) is 0 Å². The predicted octanol–water partition coefficient (Wildman–Crippen LogP) is 5.41. The highest BCUT2D eigenvalue weighted by molar-refractivity contribution is 7.98. The van der Waals surface area contributed by atoms with Crippen molar-refractivity contribution >= 4 is 11.8 Å². The maximum atomic E-state index is 11.1. The number of thioether (sulfide) groups is 1. The molecule has 3 aliphatic carbocycles. The van der Waals surface area contributed by atoms with Crippen molar-refractivity contribution in [3.8, 4) is 0 Å². The third kappa shape index (κ3) is 4.71. The van der Waals surface area contributed by atoms with E-state index in [2.05, 4.69) is 20.1 Å². The number of rotatable bonds is 12. The van der Waals surface area contributed by atoms with Crippen molar-refractivity contribution in [1.29, 1.82) is 0 Å². The van der Waals surface area contributed by atoms with E-state index < -0.39 is 11.7 Å². The molecule has 0 heterocycles. The Hall–Kier alpha value is 0.270. The number of aliphatic hydroxyl groups excluding tert-OH is 1. The molecule has 0 radical (unpaired) electrons. The molecule has 0 amide bonds. The standard InChI is InChI=1S/C21H40O2S/c1-20(2)17-15-18(20)21(23,19(22)16-17)13-11-9-7-5-4-6-8-10-12-14-24-3/h17-19,22-23H,4-16H2,1-3H3/t17-,18-,19+,21-/m1/s1. The fourth-order valence-corrected chi connectivity index (χ4v) is 5.70. The highest BCUT2D eigenvalue weighted by atomic mass is 32.2. The maximum absolute atomic E-state index is 11.1. The SMILES string of the molecule is CSCCCCCCCCCCC[C@@]1(O)[C@@H]2C[C@H](C[C@@H]1O)C2(C)C. The van der Waals surface area contributed by atoms with Crippen molar-refractivity contribution < 1.29 is 10.2 Å². The van der Waals surface area contributed by atoms with Crippen LogP contribution in [0.5, 0.6) is 0 Å². The average Bonchev–Trinajstić information content (AvgIpc) is 2.54. The molecule has 3 saturated carbocycles. The molecule has 2 N–H and O–H groups in total. The van der Waals surface area contributed by atoms with Crippen LogP contribution in [0.25, 0.3) is 0 Å². The van der Waals surface area contributed by atoms with E-state index in [0.717, 1.165) is 25.7 Å². The second-order valence-electron chi connectivity index (χ2n) is 8.97. The largest absolute Gasteiger partial charge is 0.390 e. The molecular formula is C21H40O2S. The summed E-state index contributed by atoms with van der Waals surface area (Å²) in [4.78, 5) is 0. The van der Waals surface area contributed by atoms with E-state index in [1.54, 1.807) is 0 Å². The van der Waals surface area contributed by atoms with Crippen LogP contribution in [-0.2, 0) is 0 Å². The smallest absolute Gasteiger partial charge is 0.0938 e. The lowest BCUT2D eigenvalue weighted by Crippen LogP contribution is -2.67. The van der Waals surface area contributed by atoms with Crippen LogP contribution in [0, 0.1) is 17.3 Å². The minimum absolute atomic E-state index is 0.226. The molecule has 24 heavy (non-hydrogen) atoms. The zero-order valence-corrected chi connectivity index (χ0v) is 17.0. The van der Waals surface area contributed by atoms with Gasteiger partial charge < -0.3 is 10.2 Å². The van der Waals surface area contributed by atoms with E-state index in [1.807, 2.05) is 11.8 Å². The molecule has 0 aromatic rings. The van der Waals surface area contributed by atoms with Crippen LogP contribution in [0.2, 0.25) is 0 Å². The first-order valence-electron chi connectivity index (χ1n) is 10.3. The molecule has 3 fully saturated rings. The van der Waals surface area contributed by atoms with Gasteiger partial charge in [0.2, 0.25) is 0 Å². The summed E-state index contributed by atoms with van der Waals surface area (Å²) >= 11 is 1.95. The molecule has 3 heteroatoms. The van der Waals surface area contributed by atoms with Crippen LogP contribution in [0.4, 0.5) is 0 Å². The van der Waals surface area contributed by atoms with Crippen molar-refractivity contribution in [2.45, 2.75) is 103 Å². The van der Waals surface area contributed by atoms with Crippen LogP contribution in [-0.4, -0.2) is 33.9 Å². The molecule has 0 aromatic carbocycles. The minimum atomic E-state index is -0.810. The maximum Gasteiger partial charge on any atom is 0.0938 e. The lowest BCUT2D eigenvalue weighted by molar-refractivity contribution is -0.256. The van der Waals surface area contributed by atoms with Gasteiger partial charge in [0.1, 0.15) is 0 Å². The third-order valence-corrected chi connectivity index (χ3v) is 7.78. The second kappa shape index (κ2) is 9.28. The molecule has 3 aliphatic rings. The Bertz CT molecular complexity index is 371. The molecule has 0 spiro atoms. The summed E-state index contributed by atoms with van der Waals surface area (Å²) < 4.78 is 0.